The zero-order valence-corrected chi connectivity index (χ0v) is 12.9. The molecule has 0 unspecified atom stereocenters. The van der Waals surface area contributed by atoms with E-state index in [1.165, 1.54) is 25.7 Å². The standard InChI is InChI=1S/2C4H9.3ClH.Sb/c2*1-3-4-2;;;;/h2*1,3-4H2,2H3;3*1H;. The van der Waals surface area contributed by atoms with Gasteiger partial charge in [0.1, 0.15) is 0 Å². The molecule has 0 fully saturated rings. The topological polar surface area (TPSA) is 0 Å². The van der Waals surface area contributed by atoms with E-state index in [0.29, 0.717) is 21.6 Å². The number of hydrogen-bond acceptors (Lipinski definition) is 0. The van der Waals surface area contributed by atoms with Crippen molar-refractivity contribution in [1.82, 2.24) is 0 Å². The van der Waals surface area contributed by atoms with E-state index < -0.39 is 0 Å². The largest absolute Gasteiger partial charge is 0.147 e. The quantitative estimate of drug-likeness (QED) is 0.495. The molecular weight excluding hydrogens is 324 g/mol. The van der Waals surface area contributed by atoms with Gasteiger partial charge in [-0.2, -0.15) is 0 Å². The SMILES string of the molecule is CCC[CH2][Sb][CH2]CCC.Cl.Cl.Cl. The van der Waals surface area contributed by atoms with Gasteiger partial charge >= 0.3 is 69.9 Å². The third kappa shape index (κ3) is 22.6. The van der Waals surface area contributed by atoms with Crippen molar-refractivity contribution in [2.45, 2.75) is 48.3 Å². The van der Waals surface area contributed by atoms with Crippen molar-refractivity contribution in [3.05, 3.63) is 0 Å². The summed E-state index contributed by atoms with van der Waals surface area (Å²) in [6, 6.07) is 0. The molecule has 0 aromatic heterocycles. The molecule has 0 saturated heterocycles. The normalized spacial score (nSPS) is 7.50. The number of rotatable bonds is 6. The molecular formula is C8H21Cl3Sb. The van der Waals surface area contributed by atoms with Crippen LogP contribution in [0.1, 0.15) is 39.5 Å². The van der Waals surface area contributed by atoms with Gasteiger partial charge in [0.2, 0.25) is 0 Å². The van der Waals surface area contributed by atoms with Crippen molar-refractivity contribution in [3.8, 4) is 0 Å². The Bertz CT molecular complexity index is 47.6. The van der Waals surface area contributed by atoms with E-state index in [2.05, 4.69) is 13.8 Å². The van der Waals surface area contributed by atoms with E-state index in [1.807, 2.05) is 0 Å². The van der Waals surface area contributed by atoms with Crippen molar-refractivity contribution in [3.63, 3.8) is 0 Å². The fraction of sp³-hybridized carbons (Fsp3) is 1.00. The Morgan fingerprint density at radius 1 is 0.750 bits per heavy atom. The van der Waals surface area contributed by atoms with E-state index >= 15 is 0 Å². The van der Waals surface area contributed by atoms with Gasteiger partial charge in [-0.1, -0.05) is 0 Å². The summed E-state index contributed by atoms with van der Waals surface area (Å²) in [6.07, 6.45) is 5.81. The molecule has 12 heavy (non-hydrogen) atoms. The second-order valence-electron chi connectivity index (χ2n) is 2.38. The molecule has 0 spiro atoms. The minimum Gasteiger partial charge on any atom is -0.147 e. The average Bonchev–Trinajstić information content (AvgIpc) is 1.89. The number of unbranched alkanes of at least 4 members (excludes halogenated alkanes) is 2. The van der Waals surface area contributed by atoms with Crippen LogP contribution < -0.4 is 0 Å². The Morgan fingerprint density at radius 3 is 1.33 bits per heavy atom. The Kier molecular flexibility index (Phi) is 44.9. The number of hydrogen-bond donors (Lipinski definition) is 0. The van der Waals surface area contributed by atoms with Gasteiger partial charge in [0, 0.05) is 0 Å². The minimum atomic E-state index is 0. The summed E-state index contributed by atoms with van der Waals surface area (Å²) in [4.78, 5) is 0. The third-order valence-electron chi connectivity index (χ3n) is 1.34. The summed E-state index contributed by atoms with van der Waals surface area (Å²) in [7, 11) is 0. The second kappa shape index (κ2) is 23.0. The van der Waals surface area contributed by atoms with Gasteiger partial charge in [0.05, 0.1) is 0 Å². The van der Waals surface area contributed by atoms with E-state index in [0.717, 1.165) is 0 Å². The summed E-state index contributed by atoms with van der Waals surface area (Å²) in [5.41, 5.74) is 0. The summed E-state index contributed by atoms with van der Waals surface area (Å²) in [5.74, 6) is 0. The maximum atomic E-state index is 2.29. The number of halogens is 3. The van der Waals surface area contributed by atoms with Gasteiger partial charge < -0.3 is 0 Å². The van der Waals surface area contributed by atoms with Crippen LogP contribution in [0.2, 0.25) is 8.73 Å². The summed E-state index contributed by atoms with van der Waals surface area (Å²) in [6.45, 7) is 4.58. The first-order chi connectivity index (χ1) is 4.41. The predicted molar refractivity (Wildman–Crippen MR) is 66.9 cm³/mol. The Labute approximate surface area is 106 Å². The first kappa shape index (κ1) is 23.5. The molecule has 0 amide bonds. The molecule has 0 aromatic rings. The fourth-order valence-electron chi connectivity index (χ4n) is 0.652. The zero-order chi connectivity index (χ0) is 6.95. The van der Waals surface area contributed by atoms with Gasteiger partial charge in [0.25, 0.3) is 0 Å². The maximum absolute atomic E-state index is 2.29. The van der Waals surface area contributed by atoms with Crippen LogP contribution >= 0.6 is 37.2 Å². The van der Waals surface area contributed by atoms with Crippen LogP contribution in [0.3, 0.4) is 0 Å². The van der Waals surface area contributed by atoms with Crippen LogP contribution in [0, 0.1) is 0 Å². The van der Waals surface area contributed by atoms with Gasteiger partial charge in [0.15, 0.2) is 0 Å². The molecule has 0 aliphatic rings. The van der Waals surface area contributed by atoms with Gasteiger partial charge in [-0.15, -0.1) is 37.2 Å². The Morgan fingerprint density at radius 2 is 1.08 bits per heavy atom. The Hall–Kier alpha value is 1.69. The second-order valence-corrected chi connectivity index (χ2v) is 6.21. The summed E-state index contributed by atoms with van der Waals surface area (Å²) < 4.78 is 3.21. The van der Waals surface area contributed by atoms with Crippen LogP contribution in [0.25, 0.3) is 0 Å². The van der Waals surface area contributed by atoms with Crippen molar-refractivity contribution < 1.29 is 0 Å². The summed E-state index contributed by atoms with van der Waals surface area (Å²) in [5, 5.41) is 0. The molecule has 0 nitrogen and oxygen atoms in total. The van der Waals surface area contributed by atoms with E-state index in [1.54, 1.807) is 8.73 Å². The first-order valence-corrected chi connectivity index (χ1v) is 7.66. The van der Waals surface area contributed by atoms with E-state index in [-0.39, 0.29) is 37.2 Å². The predicted octanol–water partition coefficient (Wildman–Crippen LogP) is 4.39. The van der Waals surface area contributed by atoms with Crippen molar-refractivity contribution in [2.75, 3.05) is 0 Å². The summed E-state index contributed by atoms with van der Waals surface area (Å²) >= 11 is 0.304. The van der Waals surface area contributed by atoms with Crippen LogP contribution in [-0.4, -0.2) is 21.6 Å². The molecule has 0 rings (SSSR count). The van der Waals surface area contributed by atoms with Crippen molar-refractivity contribution >= 4 is 58.8 Å². The van der Waals surface area contributed by atoms with Crippen LogP contribution in [0.15, 0.2) is 0 Å². The Balaban J connectivity index is -0.000000107. The molecule has 0 atom stereocenters. The molecule has 4 heteroatoms. The monoisotopic (exact) mass is 343 g/mol. The molecule has 0 aliphatic heterocycles. The average molecular weight is 345 g/mol. The minimum absolute atomic E-state index is 0. The molecule has 0 saturated carbocycles. The van der Waals surface area contributed by atoms with Gasteiger partial charge in [-0.25, -0.2) is 0 Å². The molecule has 0 aromatic carbocycles. The van der Waals surface area contributed by atoms with Crippen LogP contribution in [0.5, 0.6) is 0 Å². The van der Waals surface area contributed by atoms with Crippen molar-refractivity contribution in [2.24, 2.45) is 0 Å². The van der Waals surface area contributed by atoms with Gasteiger partial charge in [-0.3, -0.25) is 0 Å². The molecule has 1 radical (unpaired) electrons. The first-order valence-electron chi connectivity index (χ1n) is 4.05. The molecule has 0 N–H and O–H groups in total. The van der Waals surface area contributed by atoms with Crippen LogP contribution in [0.4, 0.5) is 0 Å². The third-order valence-corrected chi connectivity index (χ3v) is 4.95. The maximum Gasteiger partial charge on any atom is -0.147 e. The fourth-order valence-corrected chi connectivity index (χ4v) is 4.37. The van der Waals surface area contributed by atoms with Gasteiger partial charge in [-0.05, 0) is 0 Å². The van der Waals surface area contributed by atoms with Crippen LogP contribution in [-0.2, 0) is 0 Å². The molecule has 79 valence electrons. The molecule has 0 aliphatic carbocycles. The van der Waals surface area contributed by atoms with Crippen molar-refractivity contribution in [1.29, 1.82) is 0 Å². The van der Waals surface area contributed by atoms with E-state index in [9.17, 15) is 0 Å². The molecule has 0 heterocycles. The molecule has 0 bridgehead atoms. The van der Waals surface area contributed by atoms with E-state index in [4.69, 9.17) is 0 Å². The zero-order valence-electron chi connectivity index (χ0n) is 7.91. The smallest absolute Gasteiger partial charge is 0.147 e.